The smallest absolute Gasteiger partial charge is 0.255 e. The molecule has 0 spiro atoms. The van der Waals surface area contributed by atoms with Crippen LogP contribution in [0.15, 0.2) is 54.6 Å². The summed E-state index contributed by atoms with van der Waals surface area (Å²) >= 11 is 0. The molecule has 2 aromatic carbocycles. The van der Waals surface area contributed by atoms with Gasteiger partial charge in [0.2, 0.25) is 5.91 Å². The van der Waals surface area contributed by atoms with Crippen LogP contribution in [-0.2, 0) is 16.1 Å². The third kappa shape index (κ3) is 6.22. The SMILES string of the molecule is CC(c1ccccc1)N(C)CC(=O)NCc1ccc(OCC(N)=O)cc1. The van der Waals surface area contributed by atoms with Crippen molar-refractivity contribution in [3.05, 3.63) is 65.7 Å². The second-order valence-corrected chi connectivity index (χ2v) is 6.18. The summed E-state index contributed by atoms with van der Waals surface area (Å²) in [6.45, 7) is 2.67. The molecule has 138 valence electrons. The fraction of sp³-hybridized carbons (Fsp3) is 0.300. The largest absolute Gasteiger partial charge is 0.484 e. The van der Waals surface area contributed by atoms with E-state index in [1.165, 1.54) is 5.56 Å². The van der Waals surface area contributed by atoms with Gasteiger partial charge in [-0.15, -0.1) is 0 Å². The second-order valence-electron chi connectivity index (χ2n) is 6.18. The first kappa shape index (κ1) is 19.5. The lowest BCUT2D eigenvalue weighted by Crippen LogP contribution is -2.36. The zero-order valence-corrected chi connectivity index (χ0v) is 15.1. The van der Waals surface area contributed by atoms with Crippen LogP contribution in [0.2, 0.25) is 0 Å². The van der Waals surface area contributed by atoms with Crippen LogP contribution in [0, 0.1) is 0 Å². The second kappa shape index (κ2) is 9.58. The summed E-state index contributed by atoms with van der Waals surface area (Å²) in [5.74, 6) is 0.00910. The molecule has 26 heavy (non-hydrogen) atoms. The van der Waals surface area contributed by atoms with E-state index in [0.717, 1.165) is 5.56 Å². The topological polar surface area (TPSA) is 84.7 Å². The van der Waals surface area contributed by atoms with Gasteiger partial charge in [-0.25, -0.2) is 0 Å². The molecule has 2 aromatic rings. The summed E-state index contributed by atoms with van der Waals surface area (Å²) in [5, 5.41) is 2.91. The highest BCUT2D eigenvalue weighted by molar-refractivity contribution is 5.78. The van der Waals surface area contributed by atoms with Crippen molar-refractivity contribution in [3.8, 4) is 5.75 Å². The number of primary amides is 1. The van der Waals surface area contributed by atoms with E-state index in [1.54, 1.807) is 12.1 Å². The van der Waals surface area contributed by atoms with E-state index >= 15 is 0 Å². The van der Waals surface area contributed by atoms with Crippen LogP contribution in [0.25, 0.3) is 0 Å². The third-order valence-electron chi connectivity index (χ3n) is 4.13. The molecular formula is C20H25N3O3. The van der Waals surface area contributed by atoms with E-state index in [4.69, 9.17) is 10.5 Å². The minimum absolute atomic E-state index is 0.0377. The van der Waals surface area contributed by atoms with Gasteiger partial charge in [-0.05, 0) is 37.2 Å². The van der Waals surface area contributed by atoms with Crippen molar-refractivity contribution in [1.82, 2.24) is 10.2 Å². The van der Waals surface area contributed by atoms with E-state index in [-0.39, 0.29) is 18.6 Å². The number of hydrogen-bond donors (Lipinski definition) is 2. The molecule has 0 fully saturated rings. The van der Waals surface area contributed by atoms with Gasteiger partial charge in [-0.1, -0.05) is 42.5 Å². The van der Waals surface area contributed by atoms with Crippen LogP contribution in [0.5, 0.6) is 5.75 Å². The van der Waals surface area contributed by atoms with Gasteiger partial charge in [0.1, 0.15) is 5.75 Å². The van der Waals surface area contributed by atoms with Crippen molar-refractivity contribution in [2.75, 3.05) is 20.2 Å². The maximum atomic E-state index is 12.2. The summed E-state index contributed by atoms with van der Waals surface area (Å²) in [5.41, 5.74) is 7.16. The summed E-state index contributed by atoms with van der Waals surface area (Å²) in [4.78, 5) is 24.9. The van der Waals surface area contributed by atoms with Crippen molar-refractivity contribution >= 4 is 11.8 Å². The van der Waals surface area contributed by atoms with Crippen molar-refractivity contribution in [3.63, 3.8) is 0 Å². The standard InChI is InChI=1S/C20H25N3O3/c1-15(17-6-4-3-5-7-17)23(2)13-20(25)22-12-16-8-10-18(11-9-16)26-14-19(21)24/h3-11,15H,12-14H2,1-2H3,(H2,21,24)(H,22,25). The van der Waals surface area contributed by atoms with Crippen LogP contribution in [0.1, 0.15) is 24.1 Å². The minimum atomic E-state index is -0.518. The van der Waals surface area contributed by atoms with E-state index in [0.29, 0.717) is 18.8 Å². The van der Waals surface area contributed by atoms with Gasteiger partial charge in [0.25, 0.3) is 5.91 Å². The van der Waals surface area contributed by atoms with Gasteiger partial charge >= 0.3 is 0 Å². The quantitative estimate of drug-likeness (QED) is 0.719. The number of benzene rings is 2. The molecule has 0 saturated carbocycles. The Morgan fingerprint density at radius 1 is 1.12 bits per heavy atom. The summed E-state index contributed by atoms with van der Waals surface area (Å²) in [7, 11) is 1.93. The predicted molar refractivity (Wildman–Crippen MR) is 100 cm³/mol. The Hall–Kier alpha value is -2.86. The number of nitrogens with zero attached hydrogens (tertiary/aromatic N) is 1. The number of nitrogens with two attached hydrogens (primary N) is 1. The molecular weight excluding hydrogens is 330 g/mol. The average Bonchev–Trinajstić information content (AvgIpc) is 2.65. The molecule has 0 aliphatic heterocycles. The van der Waals surface area contributed by atoms with E-state index in [2.05, 4.69) is 24.4 Å². The number of carbonyl (C=O) groups is 2. The molecule has 1 atom stereocenters. The normalized spacial score (nSPS) is 11.8. The molecule has 0 radical (unpaired) electrons. The van der Waals surface area contributed by atoms with Gasteiger partial charge in [-0.3, -0.25) is 14.5 Å². The van der Waals surface area contributed by atoms with Crippen LogP contribution < -0.4 is 15.8 Å². The van der Waals surface area contributed by atoms with Crippen molar-refractivity contribution in [2.45, 2.75) is 19.5 Å². The molecule has 0 bridgehead atoms. The van der Waals surface area contributed by atoms with Crippen molar-refractivity contribution in [1.29, 1.82) is 0 Å². The number of likely N-dealkylation sites (N-methyl/N-ethyl adjacent to an activating group) is 1. The average molecular weight is 355 g/mol. The van der Waals surface area contributed by atoms with E-state index in [9.17, 15) is 9.59 Å². The number of ether oxygens (including phenoxy) is 1. The number of carbonyl (C=O) groups excluding carboxylic acids is 2. The van der Waals surface area contributed by atoms with Crippen LogP contribution in [0.3, 0.4) is 0 Å². The lowest BCUT2D eigenvalue weighted by molar-refractivity contribution is -0.122. The molecule has 0 aromatic heterocycles. The van der Waals surface area contributed by atoms with E-state index in [1.807, 2.05) is 42.3 Å². The van der Waals surface area contributed by atoms with Gasteiger partial charge in [0.15, 0.2) is 6.61 Å². The molecule has 0 heterocycles. The highest BCUT2D eigenvalue weighted by Gasteiger charge is 2.14. The summed E-state index contributed by atoms with van der Waals surface area (Å²) < 4.78 is 5.20. The van der Waals surface area contributed by atoms with Crippen LogP contribution >= 0.6 is 0 Å². The molecule has 2 rings (SSSR count). The first-order valence-corrected chi connectivity index (χ1v) is 8.47. The molecule has 6 heteroatoms. The molecule has 0 aliphatic carbocycles. The van der Waals surface area contributed by atoms with Crippen molar-refractivity contribution in [2.24, 2.45) is 5.73 Å². The lowest BCUT2D eigenvalue weighted by Gasteiger charge is -2.24. The van der Waals surface area contributed by atoms with Gasteiger partial charge in [-0.2, -0.15) is 0 Å². The van der Waals surface area contributed by atoms with Gasteiger partial charge in [0.05, 0.1) is 6.54 Å². The molecule has 0 saturated heterocycles. The highest BCUT2D eigenvalue weighted by atomic mass is 16.5. The Bertz CT molecular complexity index is 717. The molecule has 2 amide bonds. The fourth-order valence-corrected chi connectivity index (χ4v) is 2.46. The highest BCUT2D eigenvalue weighted by Crippen LogP contribution is 2.17. The van der Waals surface area contributed by atoms with Gasteiger partial charge in [0, 0.05) is 12.6 Å². The first-order chi connectivity index (χ1) is 12.5. The Kier molecular flexibility index (Phi) is 7.17. The lowest BCUT2D eigenvalue weighted by atomic mass is 10.1. The Morgan fingerprint density at radius 3 is 2.38 bits per heavy atom. The minimum Gasteiger partial charge on any atom is -0.484 e. The Labute approximate surface area is 153 Å². The Morgan fingerprint density at radius 2 is 1.77 bits per heavy atom. The van der Waals surface area contributed by atoms with Crippen molar-refractivity contribution < 1.29 is 14.3 Å². The molecule has 0 aliphatic rings. The molecule has 6 nitrogen and oxygen atoms in total. The maximum absolute atomic E-state index is 12.2. The van der Waals surface area contributed by atoms with Crippen LogP contribution in [-0.4, -0.2) is 36.9 Å². The maximum Gasteiger partial charge on any atom is 0.255 e. The zero-order valence-electron chi connectivity index (χ0n) is 15.1. The number of nitrogens with one attached hydrogen (secondary N) is 1. The van der Waals surface area contributed by atoms with Gasteiger partial charge < -0.3 is 15.8 Å². The first-order valence-electron chi connectivity index (χ1n) is 8.47. The number of rotatable bonds is 9. The third-order valence-corrected chi connectivity index (χ3v) is 4.13. The number of hydrogen-bond acceptors (Lipinski definition) is 4. The zero-order chi connectivity index (χ0) is 18.9. The molecule has 3 N–H and O–H groups in total. The number of amides is 2. The Balaban J connectivity index is 1.78. The van der Waals surface area contributed by atoms with E-state index < -0.39 is 5.91 Å². The predicted octanol–water partition coefficient (Wildman–Crippen LogP) is 1.86. The summed E-state index contributed by atoms with van der Waals surface area (Å²) in [6, 6.07) is 17.4. The van der Waals surface area contributed by atoms with Crippen LogP contribution in [0.4, 0.5) is 0 Å². The summed E-state index contributed by atoms with van der Waals surface area (Å²) in [6.07, 6.45) is 0. The monoisotopic (exact) mass is 355 g/mol. The molecule has 1 unspecified atom stereocenters. The fourth-order valence-electron chi connectivity index (χ4n) is 2.46.